The SMILES string of the molecule is C=C(C)/C=C(\NCC)C(=O)NC(=C)N(c1ccc(C(N)=O)cc1N)n1c(N)nc2c1C(OC)CC(C(=O)OC)=C2. The largest absolute Gasteiger partial charge is 0.466 e. The quantitative estimate of drug-likeness (QED) is 0.119. The molecule has 1 aliphatic carbocycles. The highest BCUT2D eigenvalue weighted by molar-refractivity contribution is 5.97. The molecule has 1 aromatic carbocycles. The predicted molar refractivity (Wildman–Crippen MR) is 152 cm³/mol. The lowest BCUT2D eigenvalue weighted by atomic mass is 9.97. The number of methoxy groups -OCH3 is 2. The van der Waals surface area contributed by atoms with Gasteiger partial charge in [-0.1, -0.05) is 18.7 Å². The molecule has 1 aliphatic rings. The number of hydrogen-bond acceptors (Lipinski definition) is 10. The summed E-state index contributed by atoms with van der Waals surface area (Å²) in [6, 6.07) is 4.41. The average Bonchev–Trinajstić information content (AvgIpc) is 3.23. The van der Waals surface area contributed by atoms with Crippen molar-refractivity contribution in [3.63, 3.8) is 0 Å². The molecular weight excluding hydrogens is 516 g/mol. The van der Waals surface area contributed by atoms with Crippen LogP contribution in [0.4, 0.5) is 17.3 Å². The Morgan fingerprint density at radius 1 is 1.25 bits per heavy atom. The number of nitrogens with two attached hydrogens (primary N) is 3. The zero-order chi connectivity index (χ0) is 29.7. The number of carbonyl (C=O) groups excluding carboxylic acids is 3. The van der Waals surface area contributed by atoms with Crippen molar-refractivity contribution in [2.45, 2.75) is 26.4 Å². The Morgan fingerprint density at radius 2 is 1.95 bits per heavy atom. The molecule has 0 saturated carbocycles. The number of imidazole rings is 1. The highest BCUT2D eigenvalue weighted by Gasteiger charge is 2.34. The Labute approximate surface area is 231 Å². The van der Waals surface area contributed by atoms with Gasteiger partial charge in [0.15, 0.2) is 0 Å². The molecule has 1 atom stereocenters. The zero-order valence-corrected chi connectivity index (χ0v) is 22.9. The van der Waals surface area contributed by atoms with Crippen LogP contribution < -0.4 is 32.8 Å². The fourth-order valence-electron chi connectivity index (χ4n) is 4.23. The van der Waals surface area contributed by atoms with E-state index in [4.69, 9.17) is 26.7 Å². The maximum Gasteiger partial charge on any atom is 0.333 e. The van der Waals surface area contributed by atoms with Gasteiger partial charge in [-0.3, -0.25) is 9.59 Å². The Morgan fingerprint density at radius 3 is 2.50 bits per heavy atom. The van der Waals surface area contributed by atoms with Crippen molar-refractivity contribution in [3.8, 4) is 0 Å². The summed E-state index contributed by atoms with van der Waals surface area (Å²) in [5.74, 6) is -1.68. The Balaban J connectivity index is 2.22. The van der Waals surface area contributed by atoms with E-state index in [9.17, 15) is 14.4 Å². The van der Waals surface area contributed by atoms with Crippen molar-refractivity contribution in [1.82, 2.24) is 20.3 Å². The molecule has 212 valence electrons. The van der Waals surface area contributed by atoms with E-state index in [2.05, 4.69) is 28.8 Å². The van der Waals surface area contributed by atoms with Crippen LogP contribution in [0.25, 0.3) is 6.08 Å². The molecule has 3 rings (SSSR count). The van der Waals surface area contributed by atoms with Gasteiger partial charge in [0.05, 0.1) is 29.9 Å². The maximum absolute atomic E-state index is 13.3. The van der Waals surface area contributed by atoms with Gasteiger partial charge in [-0.25, -0.2) is 19.5 Å². The van der Waals surface area contributed by atoms with Gasteiger partial charge in [0.25, 0.3) is 5.91 Å². The molecule has 0 fully saturated rings. The third-order valence-corrected chi connectivity index (χ3v) is 5.95. The van der Waals surface area contributed by atoms with Gasteiger partial charge in [0.2, 0.25) is 11.9 Å². The molecule has 0 saturated heterocycles. The number of anilines is 3. The summed E-state index contributed by atoms with van der Waals surface area (Å²) in [6.07, 6.45) is 2.63. The van der Waals surface area contributed by atoms with Crippen LogP contribution in [0.3, 0.4) is 0 Å². The summed E-state index contributed by atoms with van der Waals surface area (Å²) < 4.78 is 12.1. The predicted octanol–water partition coefficient (Wildman–Crippen LogP) is 1.72. The third kappa shape index (κ3) is 5.99. The number of benzene rings is 1. The fourth-order valence-corrected chi connectivity index (χ4v) is 4.23. The van der Waals surface area contributed by atoms with Gasteiger partial charge >= 0.3 is 5.97 Å². The smallest absolute Gasteiger partial charge is 0.333 e. The van der Waals surface area contributed by atoms with Gasteiger partial charge in [-0.05, 0) is 44.2 Å². The molecule has 13 nitrogen and oxygen atoms in total. The number of aromatic nitrogens is 2. The van der Waals surface area contributed by atoms with E-state index in [1.165, 1.54) is 42.1 Å². The van der Waals surface area contributed by atoms with Crippen molar-refractivity contribution < 1.29 is 23.9 Å². The minimum atomic E-state index is -0.684. The van der Waals surface area contributed by atoms with Gasteiger partial charge in [-0.2, -0.15) is 0 Å². The van der Waals surface area contributed by atoms with Gasteiger partial charge < -0.3 is 37.3 Å². The number of hydrogen-bond donors (Lipinski definition) is 5. The normalized spacial score (nSPS) is 14.4. The van der Waals surface area contributed by atoms with Crippen LogP contribution in [0, 0.1) is 0 Å². The van der Waals surface area contributed by atoms with Gasteiger partial charge in [0.1, 0.15) is 17.6 Å². The van der Waals surface area contributed by atoms with Gasteiger partial charge in [0, 0.05) is 31.2 Å². The van der Waals surface area contributed by atoms with E-state index in [-0.39, 0.29) is 35.1 Å². The number of esters is 1. The summed E-state index contributed by atoms with van der Waals surface area (Å²) in [5, 5.41) is 7.20. The topological polar surface area (TPSA) is 193 Å². The van der Waals surface area contributed by atoms with Gasteiger partial charge in [-0.15, -0.1) is 0 Å². The summed E-state index contributed by atoms with van der Waals surface area (Å²) in [5.41, 5.74) is 20.9. The van der Waals surface area contributed by atoms with Crippen LogP contribution in [-0.2, 0) is 19.1 Å². The molecule has 2 amide bonds. The Hall–Kier alpha value is -5.04. The molecule has 0 spiro atoms. The molecule has 2 aromatic rings. The van der Waals surface area contributed by atoms with Crippen molar-refractivity contribution in [2.24, 2.45) is 5.73 Å². The van der Waals surface area contributed by atoms with E-state index in [0.29, 0.717) is 34.8 Å². The Bertz CT molecular complexity index is 1440. The highest BCUT2D eigenvalue weighted by atomic mass is 16.5. The molecule has 1 heterocycles. The molecule has 13 heteroatoms. The molecule has 0 bridgehead atoms. The van der Waals surface area contributed by atoms with E-state index < -0.39 is 23.9 Å². The molecule has 8 N–H and O–H groups in total. The van der Waals surface area contributed by atoms with Crippen molar-refractivity contribution in [2.75, 3.05) is 37.2 Å². The lowest BCUT2D eigenvalue weighted by Gasteiger charge is -2.33. The number of likely N-dealkylation sites (N-methyl/N-ethyl adjacent to an activating group) is 1. The summed E-state index contributed by atoms with van der Waals surface area (Å²) in [4.78, 5) is 41.7. The lowest BCUT2D eigenvalue weighted by Crippen LogP contribution is -2.42. The average molecular weight is 551 g/mol. The number of carbonyl (C=O) groups is 3. The number of amides is 2. The first-order valence-electron chi connectivity index (χ1n) is 12.2. The molecule has 0 aliphatic heterocycles. The van der Waals surface area contributed by atoms with Crippen LogP contribution in [-0.4, -0.2) is 48.2 Å². The van der Waals surface area contributed by atoms with Crippen LogP contribution in [0.5, 0.6) is 0 Å². The first-order valence-corrected chi connectivity index (χ1v) is 12.2. The van der Waals surface area contributed by atoms with Crippen LogP contribution in [0.2, 0.25) is 0 Å². The van der Waals surface area contributed by atoms with E-state index in [1.807, 2.05) is 6.92 Å². The monoisotopic (exact) mass is 550 g/mol. The molecule has 1 unspecified atom stereocenters. The van der Waals surface area contributed by atoms with E-state index in [1.54, 1.807) is 19.1 Å². The standard InChI is InChI=1S/C27H34N8O5/c1-7-31-20(10-14(2)3)25(37)32-15(4)34(21-9-8-16(24(29)36)11-18(21)28)35-23-19(33-27(35)30)12-17(26(38)40-6)13-22(23)39-5/h8-12,22,31H,2,4,7,13,28H2,1,3,5-6H3,(H2,29,36)(H2,30,33)(H,32,37)/b20-10-. The van der Waals surface area contributed by atoms with E-state index in [0.717, 1.165) is 0 Å². The maximum atomic E-state index is 13.3. The lowest BCUT2D eigenvalue weighted by molar-refractivity contribution is -0.136. The minimum absolute atomic E-state index is 0.0208. The first-order chi connectivity index (χ1) is 18.9. The third-order valence-electron chi connectivity index (χ3n) is 5.95. The number of fused-ring (bicyclic) bond motifs is 1. The second-order valence-electron chi connectivity index (χ2n) is 8.93. The summed E-state index contributed by atoms with van der Waals surface area (Å²) >= 11 is 0. The number of nitrogen functional groups attached to an aromatic ring is 2. The number of rotatable bonds is 11. The zero-order valence-electron chi connectivity index (χ0n) is 22.9. The van der Waals surface area contributed by atoms with Crippen LogP contribution in [0.15, 0.2) is 60.1 Å². The van der Waals surface area contributed by atoms with Crippen LogP contribution >= 0.6 is 0 Å². The second-order valence-corrected chi connectivity index (χ2v) is 8.93. The molecule has 40 heavy (non-hydrogen) atoms. The molecule has 1 aromatic heterocycles. The molecular formula is C27H34N8O5. The summed E-state index contributed by atoms with van der Waals surface area (Å²) in [6.45, 7) is 12.0. The fraction of sp³-hybridized carbons (Fsp3) is 0.259. The number of nitrogens with zero attached hydrogens (tertiary/aromatic N) is 3. The molecule has 0 radical (unpaired) electrons. The van der Waals surface area contributed by atoms with Crippen molar-refractivity contribution in [3.05, 3.63) is 77.0 Å². The number of allylic oxidation sites excluding steroid dienone is 2. The van der Waals surface area contributed by atoms with Crippen LogP contribution in [0.1, 0.15) is 48.1 Å². The number of ether oxygens (including phenoxy) is 2. The minimum Gasteiger partial charge on any atom is -0.466 e. The van der Waals surface area contributed by atoms with Crippen molar-refractivity contribution >= 4 is 41.2 Å². The first kappa shape index (κ1) is 29.5. The number of primary amides is 1. The summed E-state index contributed by atoms with van der Waals surface area (Å²) in [7, 11) is 2.76. The number of nitrogens with one attached hydrogen (secondary N) is 2. The second kappa shape index (κ2) is 12.2. The Kier molecular flexibility index (Phi) is 9.01. The van der Waals surface area contributed by atoms with Crippen molar-refractivity contribution in [1.29, 1.82) is 0 Å². The highest BCUT2D eigenvalue weighted by Crippen LogP contribution is 2.39. The van der Waals surface area contributed by atoms with E-state index >= 15 is 0 Å².